The molecule has 1 atom stereocenters. The van der Waals surface area contributed by atoms with Crippen molar-refractivity contribution in [2.45, 2.75) is 19.9 Å². The highest BCUT2D eigenvalue weighted by molar-refractivity contribution is 7.18. The summed E-state index contributed by atoms with van der Waals surface area (Å²) in [7, 11) is 0. The molecule has 1 unspecified atom stereocenters. The third kappa shape index (κ3) is 3.30. The van der Waals surface area contributed by atoms with E-state index >= 15 is 0 Å². The molecule has 1 amide bonds. The summed E-state index contributed by atoms with van der Waals surface area (Å²) in [6.07, 6.45) is 0. The van der Waals surface area contributed by atoms with Crippen molar-refractivity contribution < 1.29 is 4.79 Å². The Hall–Kier alpha value is -2.01. The quantitative estimate of drug-likeness (QED) is 0.791. The van der Waals surface area contributed by atoms with Gasteiger partial charge in [0.15, 0.2) is 0 Å². The fourth-order valence-electron chi connectivity index (χ4n) is 1.93. The van der Waals surface area contributed by atoms with Crippen LogP contribution >= 0.6 is 11.3 Å². The van der Waals surface area contributed by atoms with Crippen LogP contribution < -0.4 is 16.4 Å². The van der Waals surface area contributed by atoms with Crippen molar-refractivity contribution in [3.63, 3.8) is 0 Å². The zero-order valence-corrected chi connectivity index (χ0v) is 12.5. The number of anilines is 2. The number of hydrogen-bond acceptors (Lipinski definition) is 4. The Morgan fingerprint density at radius 3 is 2.70 bits per heavy atom. The van der Waals surface area contributed by atoms with Crippen LogP contribution in [0, 0.1) is 0 Å². The lowest BCUT2D eigenvalue weighted by molar-refractivity contribution is 0.0960. The molecule has 1 heterocycles. The van der Waals surface area contributed by atoms with Crippen LogP contribution in [0.1, 0.15) is 35.1 Å². The lowest BCUT2D eigenvalue weighted by Gasteiger charge is -2.13. The summed E-state index contributed by atoms with van der Waals surface area (Å²) in [4.78, 5) is 12.4. The molecule has 0 aliphatic heterocycles. The second-order valence-electron chi connectivity index (χ2n) is 4.53. The van der Waals surface area contributed by atoms with Crippen molar-refractivity contribution in [1.29, 1.82) is 0 Å². The first-order valence-electron chi connectivity index (χ1n) is 6.60. The fourth-order valence-corrected chi connectivity index (χ4v) is 2.92. The Labute approximate surface area is 123 Å². The summed E-state index contributed by atoms with van der Waals surface area (Å²) in [5, 5.41) is 7.04. The van der Waals surface area contributed by atoms with Crippen molar-refractivity contribution in [3.05, 3.63) is 46.8 Å². The van der Waals surface area contributed by atoms with E-state index in [1.165, 1.54) is 16.9 Å². The summed E-state index contributed by atoms with van der Waals surface area (Å²) >= 11 is 1.38. The molecule has 0 fully saturated rings. The number of carbonyl (C=O) groups excluding carboxylic acids is 1. The van der Waals surface area contributed by atoms with Gasteiger partial charge in [-0.25, -0.2) is 0 Å². The average molecular weight is 289 g/mol. The summed E-state index contributed by atoms with van der Waals surface area (Å²) in [6.45, 7) is 4.56. The maximum Gasteiger partial charge on any atom is 0.263 e. The second kappa shape index (κ2) is 6.43. The van der Waals surface area contributed by atoms with Crippen LogP contribution in [0.5, 0.6) is 0 Å². The second-order valence-corrected chi connectivity index (χ2v) is 5.58. The van der Waals surface area contributed by atoms with Crippen molar-refractivity contribution in [2.75, 3.05) is 17.6 Å². The Morgan fingerprint density at radius 1 is 1.35 bits per heavy atom. The number of nitrogens with one attached hydrogen (secondary N) is 2. The van der Waals surface area contributed by atoms with E-state index < -0.39 is 0 Å². The summed E-state index contributed by atoms with van der Waals surface area (Å²) < 4.78 is 0. The minimum Gasteiger partial charge on any atom is -0.397 e. The third-order valence-electron chi connectivity index (χ3n) is 2.96. The van der Waals surface area contributed by atoms with Crippen LogP contribution in [0.25, 0.3) is 0 Å². The lowest BCUT2D eigenvalue weighted by atomic mass is 10.1. The van der Waals surface area contributed by atoms with Gasteiger partial charge < -0.3 is 16.4 Å². The average Bonchev–Trinajstić information content (AvgIpc) is 2.81. The molecule has 5 heteroatoms. The molecule has 0 aliphatic carbocycles. The van der Waals surface area contributed by atoms with Gasteiger partial charge in [0, 0.05) is 12.6 Å². The molecular formula is C15H19N3OS. The number of benzene rings is 1. The maximum absolute atomic E-state index is 11.8. The molecule has 20 heavy (non-hydrogen) atoms. The molecule has 0 spiro atoms. The van der Waals surface area contributed by atoms with Gasteiger partial charge >= 0.3 is 0 Å². The first-order chi connectivity index (χ1) is 9.61. The van der Waals surface area contributed by atoms with Crippen LogP contribution in [0.4, 0.5) is 10.7 Å². The normalized spacial score (nSPS) is 11.9. The number of amides is 1. The molecule has 1 aromatic carbocycles. The van der Waals surface area contributed by atoms with Crippen molar-refractivity contribution >= 4 is 27.9 Å². The van der Waals surface area contributed by atoms with Crippen molar-refractivity contribution in [3.8, 4) is 0 Å². The fraction of sp³-hybridized carbons (Fsp3) is 0.267. The summed E-state index contributed by atoms with van der Waals surface area (Å²) in [5.41, 5.74) is 7.61. The standard InChI is InChI=1S/C15H19N3OS/c1-3-17-15(19)14-12(16)9-13(20-14)18-10(2)11-7-5-4-6-8-11/h4-10,18H,3,16H2,1-2H3,(H,17,19). The van der Waals surface area contributed by atoms with Gasteiger partial charge in [-0.05, 0) is 25.5 Å². The predicted octanol–water partition coefficient (Wildman–Crippen LogP) is 3.25. The van der Waals surface area contributed by atoms with Crippen molar-refractivity contribution in [2.24, 2.45) is 0 Å². The molecule has 2 aromatic rings. The molecule has 0 aliphatic rings. The van der Waals surface area contributed by atoms with Gasteiger partial charge in [-0.1, -0.05) is 30.3 Å². The molecule has 4 nitrogen and oxygen atoms in total. The van der Waals surface area contributed by atoms with Gasteiger partial charge in [-0.15, -0.1) is 11.3 Å². The van der Waals surface area contributed by atoms with E-state index in [1.807, 2.05) is 31.2 Å². The van der Waals surface area contributed by atoms with Gasteiger partial charge in [0.2, 0.25) is 0 Å². The largest absolute Gasteiger partial charge is 0.397 e. The highest BCUT2D eigenvalue weighted by Gasteiger charge is 2.15. The van der Waals surface area contributed by atoms with Gasteiger partial charge in [-0.3, -0.25) is 4.79 Å². The Bertz CT molecular complexity index is 580. The van der Waals surface area contributed by atoms with Crippen LogP contribution in [-0.4, -0.2) is 12.5 Å². The highest BCUT2D eigenvalue weighted by atomic mass is 32.1. The van der Waals surface area contributed by atoms with E-state index in [1.54, 1.807) is 0 Å². The Balaban J connectivity index is 2.11. The summed E-state index contributed by atoms with van der Waals surface area (Å²) in [5.74, 6) is -0.115. The van der Waals surface area contributed by atoms with Crippen molar-refractivity contribution in [1.82, 2.24) is 5.32 Å². The molecule has 0 radical (unpaired) electrons. The molecule has 0 saturated carbocycles. The van der Waals surface area contributed by atoms with Gasteiger partial charge in [0.05, 0.1) is 10.7 Å². The van der Waals surface area contributed by atoms with Crippen LogP contribution in [-0.2, 0) is 0 Å². The van der Waals surface area contributed by atoms with E-state index in [0.717, 1.165) is 5.00 Å². The number of rotatable bonds is 5. The SMILES string of the molecule is CCNC(=O)c1sc(NC(C)c2ccccc2)cc1N. The topological polar surface area (TPSA) is 67.2 Å². The first-order valence-corrected chi connectivity index (χ1v) is 7.42. The zero-order chi connectivity index (χ0) is 14.5. The first kappa shape index (κ1) is 14.4. The van der Waals surface area contributed by atoms with E-state index in [-0.39, 0.29) is 11.9 Å². The highest BCUT2D eigenvalue weighted by Crippen LogP contribution is 2.31. The number of carbonyl (C=O) groups is 1. The number of nitrogens with two attached hydrogens (primary N) is 1. The van der Waals surface area contributed by atoms with Gasteiger partial charge in [0.1, 0.15) is 4.88 Å². The van der Waals surface area contributed by atoms with E-state index in [4.69, 9.17) is 5.73 Å². The molecule has 0 bridgehead atoms. The molecule has 1 aromatic heterocycles. The third-order valence-corrected chi connectivity index (χ3v) is 4.04. The minimum absolute atomic E-state index is 0.115. The molecular weight excluding hydrogens is 270 g/mol. The molecule has 0 saturated heterocycles. The van der Waals surface area contributed by atoms with E-state index in [9.17, 15) is 4.79 Å². The number of thiophene rings is 1. The van der Waals surface area contributed by atoms with Gasteiger partial charge in [-0.2, -0.15) is 0 Å². The summed E-state index contributed by atoms with van der Waals surface area (Å²) in [6, 6.07) is 12.1. The monoisotopic (exact) mass is 289 g/mol. The van der Waals surface area contributed by atoms with E-state index in [2.05, 4.69) is 29.7 Å². The minimum atomic E-state index is -0.115. The lowest BCUT2D eigenvalue weighted by Crippen LogP contribution is -2.22. The maximum atomic E-state index is 11.8. The number of hydrogen-bond donors (Lipinski definition) is 3. The Morgan fingerprint density at radius 2 is 2.05 bits per heavy atom. The smallest absolute Gasteiger partial charge is 0.263 e. The van der Waals surface area contributed by atoms with Gasteiger partial charge in [0.25, 0.3) is 5.91 Å². The zero-order valence-electron chi connectivity index (χ0n) is 11.6. The van der Waals surface area contributed by atoms with Crippen LogP contribution in [0.2, 0.25) is 0 Å². The molecule has 4 N–H and O–H groups in total. The van der Waals surface area contributed by atoms with E-state index in [0.29, 0.717) is 17.1 Å². The van der Waals surface area contributed by atoms with Crippen LogP contribution in [0.3, 0.4) is 0 Å². The molecule has 2 rings (SSSR count). The predicted molar refractivity (Wildman–Crippen MR) is 85.2 cm³/mol. The molecule has 106 valence electrons. The number of nitrogen functional groups attached to an aromatic ring is 1. The van der Waals surface area contributed by atoms with Crippen LogP contribution in [0.15, 0.2) is 36.4 Å². The Kier molecular flexibility index (Phi) is 4.63.